The van der Waals surface area contributed by atoms with Crippen molar-refractivity contribution in [1.29, 1.82) is 0 Å². The first-order valence-corrected chi connectivity index (χ1v) is 5.62. The molecule has 0 aliphatic heterocycles. The highest BCUT2D eigenvalue weighted by Gasteiger charge is 2.21. The van der Waals surface area contributed by atoms with E-state index in [2.05, 4.69) is 9.26 Å². The van der Waals surface area contributed by atoms with Gasteiger partial charge in [0, 0.05) is 7.05 Å². The molecule has 0 saturated heterocycles. The predicted octanol–water partition coefficient (Wildman–Crippen LogP) is 4.30. The van der Waals surface area contributed by atoms with E-state index in [1.165, 1.54) is 4.86 Å². The molecule has 10 heteroatoms. The molecule has 1 unspecified atom stereocenters. The van der Waals surface area contributed by atoms with Gasteiger partial charge in [0.2, 0.25) is 8.68 Å². The number of rotatable bonds is 3. The fraction of sp³-hybridized carbons (Fsp3) is 1.00. The van der Waals surface area contributed by atoms with Gasteiger partial charge in [0.15, 0.2) is 0 Å². The Morgan fingerprint density at radius 2 is 2.09 bits per heavy atom. The lowest BCUT2D eigenvalue weighted by molar-refractivity contribution is 0.705. The Bertz CT molecular complexity index is 187. The van der Waals surface area contributed by atoms with Crippen molar-refractivity contribution in [2.45, 2.75) is 0 Å². The molecule has 3 nitrogen and oxygen atoms in total. The Balaban J connectivity index is 4.05. The van der Waals surface area contributed by atoms with Crippen LogP contribution in [0.1, 0.15) is 0 Å². The third-order valence-electron chi connectivity index (χ3n) is 0.566. The Morgan fingerprint density at radius 1 is 1.55 bits per heavy atom. The minimum atomic E-state index is -4.75. The zero-order chi connectivity index (χ0) is 8.91. The molecule has 0 saturated carbocycles. The molecule has 0 fully saturated rings. The summed E-state index contributed by atoms with van der Waals surface area (Å²) in [6.07, 6.45) is 0. The van der Waals surface area contributed by atoms with E-state index in [1.54, 1.807) is 0 Å². The Labute approximate surface area is 63.9 Å². The van der Waals surface area contributed by atoms with Gasteiger partial charge in [-0.05, 0) is 0 Å². The van der Waals surface area contributed by atoms with E-state index in [4.69, 9.17) is 0 Å². The summed E-state index contributed by atoms with van der Waals surface area (Å²) in [5.74, 6) is 0. The molecule has 0 aromatic rings. The van der Waals surface area contributed by atoms with Crippen LogP contribution in [0.4, 0.5) is 16.8 Å². The van der Waals surface area contributed by atoms with Crippen molar-refractivity contribution in [2.24, 2.45) is 9.26 Å². The van der Waals surface area contributed by atoms with Gasteiger partial charge in [-0.25, -0.2) is 4.74 Å². The average molecular weight is 227 g/mol. The second kappa shape index (κ2) is 5.15. The van der Waals surface area contributed by atoms with Gasteiger partial charge in [-0.3, -0.25) is 0 Å². The summed E-state index contributed by atoms with van der Waals surface area (Å²) in [6, 6.07) is 0. The third kappa shape index (κ3) is 5.68. The first-order valence-electron chi connectivity index (χ1n) is 2.17. The average Bonchev–Trinajstić information content (AvgIpc) is 1.87. The van der Waals surface area contributed by atoms with E-state index in [9.17, 15) is 16.8 Å². The van der Waals surface area contributed by atoms with Crippen molar-refractivity contribution in [3.63, 3.8) is 0 Å². The second-order valence-corrected chi connectivity index (χ2v) is 4.76. The molecule has 1 atom stereocenters. The minimum Gasteiger partial charge on any atom is -0.236 e. The molecule has 0 radical (unpaired) electrons. The lowest BCUT2D eigenvalue weighted by Gasteiger charge is -2.04. The van der Waals surface area contributed by atoms with Crippen molar-refractivity contribution >= 4 is 25.0 Å². The molecule has 0 aliphatic rings. The van der Waals surface area contributed by atoms with Crippen molar-refractivity contribution < 1.29 is 16.8 Å². The van der Waals surface area contributed by atoms with Gasteiger partial charge in [0.25, 0.3) is 8.53 Å². The van der Waals surface area contributed by atoms with Gasteiger partial charge in [-0.1, -0.05) is 0 Å². The second-order valence-electron chi connectivity index (χ2n) is 1.21. The normalized spacial score (nSPS) is 15.4. The van der Waals surface area contributed by atoms with Gasteiger partial charge < -0.3 is 0 Å². The molecule has 0 bridgehead atoms. The van der Waals surface area contributed by atoms with Crippen molar-refractivity contribution in [1.82, 2.24) is 4.86 Å². The predicted molar refractivity (Wildman–Crippen MR) is 39.1 cm³/mol. The maximum absolute atomic E-state index is 12.2. The van der Waals surface area contributed by atoms with Crippen LogP contribution in [0.3, 0.4) is 0 Å². The number of hydrogen-bond acceptors (Lipinski definition) is 2. The van der Waals surface area contributed by atoms with E-state index in [0.29, 0.717) is 0 Å². The van der Waals surface area contributed by atoms with Crippen LogP contribution in [0, 0.1) is 0 Å². The highest BCUT2D eigenvalue weighted by atomic mass is 31.3. The van der Waals surface area contributed by atoms with E-state index >= 15 is 0 Å². The summed E-state index contributed by atoms with van der Waals surface area (Å²) in [5.41, 5.74) is 0. The molecule has 0 rings (SSSR count). The number of nitrogens with one attached hydrogen (secondary N) is 1. The maximum Gasteiger partial charge on any atom is 0.371 e. The standard InChI is InChI=1S/CH4F4N3P3/c1-6-11(4,5)8-10(3)7-9-2/h8H,1H3. The molecular formula is CH4F4N3P3. The molecule has 0 aromatic heterocycles. The number of halogens is 4. The summed E-state index contributed by atoms with van der Waals surface area (Å²) < 4.78 is 52.8. The lowest BCUT2D eigenvalue weighted by atomic mass is 11.6. The van der Waals surface area contributed by atoms with Crippen LogP contribution in [-0.4, -0.2) is 7.05 Å². The number of hydrogen-bond donors (Lipinski definition) is 1. The zero-order valence-corrected chi connectivity index (χ0v) is 7.93. The maximum atomic E-state index is 12.2. The van der Waals surface area contributed by atoms with Gasteiger partial charge in [-0.15, -0.1) is 0 Å². The lowest BCUT2D eigenvalue weighted by Crippen LogP contribution is -1.90. The summed E-state index contributed by atoms with van der Waals surface area (Å²) >= 11 is 0. The van der Waals surface area contributed by atoms with Crippen LogP contribution >= 0.6 is 25.0 Å². The topological polar surface area (TPSA) is 36.8 Å². The van der Waals surface area contributed by atoms with E-state index < -0.39 is 25.0 Å². The highest BCUT2D eigenvalue weighted by molar-refractivity contribution is 7.68. The van der Waals surface area contributed by atoms with E-state index in [0.717, 1.165) is 7.05 Å². The largest absolute Gasteiger partial charge is 0.371 e. The first-order chi connectivity index (χ1) is 5.02. The van der Waals surface area contributed by atoms with Crippen LogP contribution in [-0.2, 0) is 0 Å². The summed E-state index contributed by atoms with van der Waals surface area (Å²) in [5, 5.41) is 0. The van der Waals surface area contributed by atoms with Crippen LogP contribution in [0.25, 0.3) is 0 Å². The zero-order valence-electron chi connectivity index (χ0n) is 5.25. The molecule has 0 amide bonds. The molecular weight excluding hydrogens is 223 g/mol. The number of nitrogens with zero attached hydrogens (tertiary/aromatic N) is 2. The summed E-state index contributed by atoms with van der Waals surface area (Å²) in [7, 11) is -7.97. The van der Waals surface area contributed by atoms with Gasteiger partial charge in [-0.2, -0.15) is 26.2 Å². The highest BCUT2D eigenvalue weighted by Crippen LogP contribution is 2.57. The van der Waals surface area contributed by atoms with Crippen LogP contribution in [0.5, 0.6) is 0 Å². The molecule has 66 valence electrons. The van der Waals surface area contributed by atoms with Gasteiger partial charge in [0.1, 0.15) is 0 Å². The summed E-state index contributed by atoms with van der Waals surface area (Å²) in [4.78, 5) is 1.20. The van der Waals surface area contributed by atoms with Crippen molar-refractivity contribution in [3.8, 4) is 0 Å². The molecule has 0 spiro atoms. The van der Waals surface area contributed by atoms with Gasteiger partial charge in [0.05, 0.1) is 0 Å². The molecule has 1 N–H and O–H groups in total. The van der Waals surface area contributed by atoms with Gasteiger partial charge >= 0.3 is 7.83 Å². The third-order valence-corrected chi connectivity index (χ3v) is 3.59. The molecule has 0 heterocycles. The van der Waals surface area contributed by atoms with Crippen LogP contribution < -0.4 is 4.86 Å². The Kier molecular flexibility index (Phi) is 5.36. The molecule has 11 heavy (non-hydrogen) atoms. The van der Waals surface area contributed by atoms with Crippen molar-refractivity contribution in [2.75, 3.05) is 7.05 Å². The van der Waals surface area contributed by atoms with Crippen LogP contribution in [0.15, 0.2) is 9.26 Å². The monoisotopic (exact) mass is 227 g/mol. The molecule has 0 aliphatic carbocycles. The first kappa shape index (κ1) is 11.4. The quantitative estimate of drug-likeness (QED) is 0.566. The fourth-order valence-corrected chi connectivity index (χ4v) is 2.10. The summed E-state index contributed by atoms with van der Waals surface area (Å²) in [6.45, 7) is 0. The minimum absolute atomic E-state index is 0.858. The van der Waals surface area contributed by atoms with Crippen molar-refractivity contribution in [3.05, 3.63) is 0 Å². The van der Waals surface area contributed by atoms with Crippen LogP contribution in [0.2, 0.25) is 0 Å². The Hall–Kier alpha value is 0.440. The van der Waals surface area contributed by atoms with E-state index in [1.807, 2.05) is 0 Å². The Morgan fingerprint density at radius 3 is 2.45 bits per heavy atom. The van der Waals surface area contributed by atoms with E-state index in [-0.39, 0.29) is 0 Å². The SMILES string of the molecule is CN=P(F)(F)NP(F)/N=P/F. The molecule has 0 aromatic carbocycles. The smallest absolute Gasteiger partial charge is 0.236 e. The fourth-order valence-electron chi connectivity index (χ4n) is 0.194.